The average molecular weight is 334 g/mol. The van der Waals surface area contributed by atoms with Gasteiger partial charge < -0.3 is 15.0 Å². The van der Waals surface area contributed by atoms with Crippen molar-refractivity contribution < 1.29 is 9.53 Å². The summed E-state index contributed by atoms with van der Waals surface area (Å²) in [6.07, 6.45) is 0.301. The monoisotopic (exact) mass is 334 g/mol. The van der Waals surface area contributed by atoms with Gasteiger partial charge in [-0.1, -0.05) is 6.07 Å². The van der Waals surface area contributed by atoms with Gasteiger partial charge in [0.25, 0.3) is 0 Å². The Labute approximate surface area is 146 Å². The average Bonchev–Trinajstić information content (AvgIpc) is 2.64. The first-order valence-electron chi connectivity index (χ1n) is 7.87. The van der Waals surface area contributed by atoms with E-state index in [2.05, 4.69) is 11.4 Å². The molecule has 6 nitrogen and oxygen atoms in total. The molecule has 0 saturated heterocycles. The van der Waals surface area contributed by atoms with Crippen LogP contribution in [-0.4, -0.2) is 24.0 Å². The maximum Gasteiger partial charge on any atom is 0.321 e. The lowest BCUT2D eigenvalue weighted by Crippen LogP contribution is -2.35. The molecular weight excluding hydrogens is 316 g/mol. The summed E-state index contributed by atoms with van der Waals surface area (Å²) in [5, 5.41) is 20.3. The smallest absolute Gasteiger partial charge is 0.321 e. The van der Waals surface area contributed by atoms with Crippen LogP contribution in [0.4, 0.5) is 10.5 Å². The molecule has 0 atom stereocenters. The van der Waals surface area contributed by atoms with E-state index in [1.165, 1.54) is 0 Å². The fourth-order valence-electron chi connectivity index (χ4n) is 2.16. The van der Waals surface area contributed by atoms with Crippen molar-refractivity contribution >= 4 is 11.7 Å². The van der Waals surface area contributed by atoms with E-state index in [9.17, 15) is 4.79 Å². The molecule has 0 radical (unpaired) electrons. The maximum atomic E-state index is 12.1. The number of carbonyl (C=O) groups excluding carboxylic acids is 1. The van der Waals surface area contributed by atoms with Gasteiger partial charge in [0.15, 0.2) is 0 Å². The molecule has 0 bridgehead atoms. The maximum absolute atomic E-state index is 12.1. The van der Waals surface area contributed by atoms with Crippen LogP contribution >= 0.6 is 0 Å². The summed E-state index contributed by atoms with van der Waals surface area (Å²) in [5.74, 6) is 1.18. The third-order valence-corrected chi connectivity index (χ3v) is 3.47. The summed E-state index contributed by atoms with van der Waals surface area (Å²) >= 11 is 0. The molecular formula is C19H18N4O2. The van der Waals surface area contributed by atoms with Gasteiger partial charge >= 0.3 is 6.03 Å². The van der Waals surface area contributed by atoms with Crippen LogP contribution in [0.5, 0.6) is 11.5 Å². The number of hydrogen-bond donors (Lipinski definition) is 1. The van der Waals surface area contributed by atoms with Crippen LogP contribution < -0.4 is 10.1 Å². The first kappa shape index (κ1) is 17.8. The van der Waals surface area contributed by atoms with Crippen LogP contribution in [0.3, 0.4) is 0 Å². The fraction of sp³-hybridized carbons (Fsp3) is 0.211. The van der Waals surface area contributed by atoms with Crippen molar-refractivity contribution in [1.82, 2.24) is 4.90 Å². The van der Waals surface area contributed by atoms with Crippen LogP contribution in [0.15, 0.2) is 48.5 Å². The van der Waals surface area contributed by atoms with Crippen molar-refractivity contribution in [3.05, 3.63) is 54.1 Å². The number of nitriles is 2. The van der Waals surface area contributed by atoms with Gasteiger partial charge in [0.2, 0.25) is 0 Å². The van der Waals surface area contributed by atoms with Gasteiger partial charge in [0.1, 0.15) is 11.5 Å². The number of rotatable bonds is 6. The summed E-state index contributed by atoms with van der Waals surface area (Å²) in [6.45, 7) is 2.79. The molecule has 6 heteroatoms. The van der Waals surface area contributed by atoms with Crippen molar-refractivity contribution in [2.45, 2.75) is 13.3 Å². The van der Waals surface area contributed by atoms with E-state index in [1.54, 1.807) is 53.4 Å². The lowest BCUT2D eigenvalue weighted by atomic mass is 10.2. The van der Waals surface area contributed by atoms with E-state index >= 15 is 0 Å². The summed E-state index contributed by atoms with van der Waals surface area (Å²) in [6, 6.07) is 17.7. The lowest BCUT2D eigenvalue weighted by molar-refractivity contribution is 0.215. The number of nitrogens with zero attached hydrogens (tertiary/aromatic N) is 3. The first-order chi connectivity index (χ1) is 12.2. The first-order valence-corrected chi connectivity index (χ1v) is 7.87. The van der Waals surface area contributed by atoms with Crippen molar-refractivity contribution in [2.75, 3.05) is 18.4 Å². The quantitative estimate of drug-likeness (QED) is 0.860. The number of urea groups is 1. The normalized spacial score (nSPS) is 9.56. The minimum atomic E-state index is -0.242. The SMILES string of the molecule is CCN(CCC#N)C(=O)Nc1ccc(Oc2cccc(C#N)c2)cc1. The summed E-state index contributed by atoms with van der Waals surface area (Å²) in [5.41, 5.74) is 1.16. The Morgan fingerprint density at radius 2 is 1.92 bits per heavy atom. The zero-order valence-electron chi connectivity index (χ0n) is 13.9. The topological polar surface area (TPSA) is 89.2 Å². The van der Waals surface area contributed by atoms with Crippen molar-refractivity contribution in [3.63, 3.8) is 0 Å². The van der Waals surface area contributed by atoms with Crippen LogP contribution in [0, 0.1) is 22.7 Å². The van der Waals surface area contributed by atoms with E-state index in [1.807, 2.05) is 13.0 Å². The second-order valence-corrected chi connectivity index (χ2v) is 5.18. The number of nitrogens with one attached hydrogen (secondary N) is 1. The number of anilines is 1. The van der Waals surface area contributed by atoms with Crippen molar-refractivity contribution in [3.8, 4) is 23.6 Å². The number of hydrogen-bond acceptors (Lipinski definition) is 4. The second kappa shape index (κ2) is 8.95. The Morgan fingerprint density at radius 1 is 1.16 bits per heavy atom. The molecule has 1 N–H and O–H groups in total. The molecule has 0 aromatic heterocycles. The van der Waals surface area contributed by atoms with Gasteiger partial charge in [-0.15, -0.1) is 0 Å². The highest BCUT2D eigenvalue weighted by Gasteiger charge is 2.11. The molecule has 0 saturated carbocycles. The van der Waals surface area contributed by atoms with Gasteiger partial charge in [-0.2, -0.15) is 10.5 Å². The Kier molecular flexibility index (Phi) is 6.39. The largest absolute Gasteiger partial charge is 0.457 e. The van der Waals surface area contributed by atoms with Gasteiger partial charge in [-0.25, -0.2) is 4.79 Å². The molecule has 2 amide bonds. The number of amides is 2. The van der Waals surface area contributed by atoms with Crippen molar-refractivity contribution in [2.24, 2.45) is 0 Å². The predicted octanol–water partition coefficient (Wildman–Crippen LogP) is 4.12. The molecule has 2 aromatic rings. The van der Waals surface area contributed by atoms with Gasteiger partial charge in [-0.3, -0.25) is 0 Å². The highest BCUT2D eigenvalue weighted by molar-refractivity contribution is 5.89. The van der Waals surface area contributed by atoms with Gasteiger partial charge in [-0.05, 0) is 49.4 Å². The van der Waals surface area contributed by atoms with Crippen molar-refractivity contribution in [1.29, 1.82) is 10.5 Å². The summed E-state index contributed by atoms with van der Waals surface area (Å²) in [4.78, 5) is 13.7. The molecule has 126 valence electrons. The minimum Gasteiger partial charge on any atom is -0.457 e. The van der Waals surface area contributed by atoms with Crippen LogP contribution in [0.2, 0.25) is 0 Å². The van der Waals surface area contributed by atoms with Gasteiger partial charge in [0, 0.05) is 18.8 Å². The minimum absolute atomic E-state index is 0.242. The standard InChI is InChI=1S/C19H18N4O2/c1-2-23(12-4-11-20)19(24)22-16-7-9-17(10-8-16)25-18-6-3-5-15(13-18)14-21/h3,5-10,13H,2,4,12H2,1H3,(H,22,24). The molecule has 0 spiro atoms. The van der Waals surface area contributed by atoms with E-state index in [0.29, 0.717) is 42.3 Å². The Balaban J connectivity index is 1.98. The molecule has 2 aromatic carbocycles. The zero-order valence-corrected chi connectivity index (χ0v) is 13.9. The Bertz CT molecular complexity index is 803. The molecule has 0 unspecified atom stereocenters. The third kappa shape index (κ3) is 5.26. The van der Waals surface area contributed by atoms with Gasteiger partial charge in [0.05, 0.1) is 24.1 Å². The Morgan fingerprint density at radius 3 is 2.56 bits per heavy atom. The third-order valence-electron chi connectivity index (χ3n) is 3.47. The van der Waals surface area contributed by atoms with E-state index < -0.39 is 0 Å². The highest BCUT2D eigenvalue weighted by Crippen LogP contribution is 2.23. The molecule has 0 fully saturated rings. The fourth-order valence-corrected chi connectivity index (χ4v) is 2.16. The molecule has 25 heavy (non-hydrogen) atoms. The number of benzene rings is 2. The highest BCUT2D eigenvalue weighted by atomic mass is 16.5. The van der Waals surface area contributed by atoms with Crippen LogP contribution in [0.1, 0.15) is 18.9 Å². The van der Waals surface area contributed by atoms with Crippen LogP contribution in [0.25, 0.3) is 0 Å². The summed E-state index contributed by atoms with van der Waals surface area (Å²) < 4.78 is 5.69. The van der Waals surface area contributed by atoms with E-state index in [4.69, 9.17) is 15.3 Å². The van der Waals surface area contributed by atoms with Crippen LogP contribution in [-0.2, 0) is 0 Å². The second-order valence-electron chi connectivity index (χ2n) is 5.18. The molecule has 0 aliphatic carbocycles. The number of carbonyl (C=O) groups is 1. The van der Waals surface area contributed by atoms with E-state index in [-0.39, 0.29) is 6.03 Å². The summed E-state index contributed by atoms with van der Waals surface area (Å²) in [7, 11) is 0. The lowest BCUT2D eigenvalue weighted by Gasteiger charge is -2.20. The molecule has 0 heterocycles. The predicted molar refractivity (Wildman–Crippen MR) is 94.2 cm³/mol. The molecule has 2 rings (SSSR count). The molecule has 0 aliphatic rings. The zero-order chi connectivity index (χ0) is 18.1. The number of ether oxygens (including phenoxy) is 1. The molecule has 0 aliphatic heterocycles. The van der Waals surface area contributed by atoms with E-state index in [0.717, 1.165) is 0 Å². The Hall–Kier alpha value is -3.51.